The number of hydrogen-bond donors (Lipinski definition) is 1. The zero-order valence-corrected chi connectivity index (χ0v) is 20.0. The fraction of sp³-hybridized carbons (Fsp3) is 0.318. The molecule has 8 nitrogen and oxygen atoms in total. The van der Waals surface area contributed by atoms with E-state index in [2.05, 4.69) is 0 Å². The summed E-state index contributed by atoms with van der Waals surface area (Å²) in [5, 5.41) is 7.97. The fourth-order valence-corrected chi connectivity index (χ4v) is 4.80. The highest BCUT2D eigenvalue weighted by Gasteiger charge is 2.38. The Kier molecular flexibility index (Phi) is 8.22. The molecule has 0 atom stereocenters. The van der Waals surface area contributed by atoms with Crippen LogP contribution in [0.2, 0.25) is 0 Å². The summed E-state index contributed by atoms with van der Waals surface area (Å²) in [7, 11) is 3.20. The number of halogens is 3. The summed E-state index contributed by atoms with van der Waals surface area (Å²) in [5.74, 6) is -1.70. The second-order valence-electron chi connectivity index (χ2n) is 7.49. The Morgan fingerprint density at radius 3 is 2.12 bits per heavy atom. The first-order valence-corrected chi connectivity index (χ1v) is 11.2. The van der Waals surface area contributed by atoms with Gasteiger partial charge in [0.05, 0.1) is 19.7 Å². The molecule has 0 fully saturated rings. The minimum atomic E-state index is -5.08. The van der Waals surface area contributed by atoms with E-state index in [1.54, 1.807) is 37.6 Å². The third-order valence-electron chi connectivity index (χ3n) is 4.70. The molecule has 186 valence electrons. The minimum Gasteiger partial charge on any atom is -0.496 e. The van der Waals surface area contributed by atoms with E-state index < -0.39 is 22.2 Å². The lowest BCUT2D eigenvalue weighted by Crippen LogP contribution is -2.21. The fourth-order valence-electron chi connectivity index (χ4n) is 3.20. The number of benzene rings is 2. The monoisotopic (exact) mass is 502 g/mol. The van der Waals surface area contributed by atoms with Crippen molar-refractivity contribution in [3.8, 4) is 11.5 Å². The molecule has 1 aromatic heterocycles. The summed E-state index contributed by atoms with van der Waals surface area (Å²) in [4.78, 5) is 11.1. The van der Waals surface area contributed by atoms with Crippen molar-refractivity contribution in [3.63, 3.8) is 0 Å². The Balaban J connectivity index is 0.000000509. The molecule has 0 aliphatic carbocycles. The van der Waals surface area contributed by atoms with Crippen molar-refractivity contribution in [2.24, 2.45) is 0 Å². The number of aromatic nitrogens is 1. The predicted octanol–water partition coefficient (Wildman–Crippen LogP) is 3.90. The van der Waals surface area contributed by atoms with E-state index in [9.17, 15) is 21.6 Å². The lowest BCUT2D eigenvalue weighted by atomic mass is 10.1. The topological polar surface area (TPSA) is 98.1 Å². The molecule has 0 unspecified atom stereocenters. The number of methoxy groups -OCH3 is 2. The molecule has 0 saturated heterocycles. The summed E-state index contributed by atoms with van der Waals surface area (Å²) in [6.45, 7) is 2.49. The van der Waals surface area contributed by atoms with Crippen LogP contribution in [0.5, 0.6) is 11.5 Å². The number of carboxylic acid groups (broad SMARTS) is 1. The number of aliphatic carboxylic acids is 1. The predicted molar refractivity (Wildman–Crippen MR) is 120 cm³/mol. The molecule has 3 rings (SSSR count). The van der Waals surface area contributed by atoms with Gasteiger partial charge in [0.15, 0.2) is 0 Å². The number of rotatable bonds is 6. The number of aryl methyl sites for hydroxylation is 1. The smallest absolute Gasteiger partial charge is 0.490 e. The molecule has 1 heterocycles. The van der Waals surface area contributed by atoms with Gasteiger partial charge in [-0.25, -0.2) is 17.2 Å². The highest BCUT2D eigenvalue weighted by Crippen LogP contribution is 2.33. The van der Waals surface area contributed by atoms with Crippen LogP contribution in [0.1, 0.15) is 11.1 Å². The molecule has 1 N–H and O–H groups in total. The van der Waals surface area contributed by atoms with E-state index in [-0.39, 0.29) is 4.90 Å². The van der Waals surface area contributed by atoms with E-state index in [1.165, 1.54) is 11.1 Å². The minimum absolute atomic E-state index is 0.146. The number of hydrogen-bond acceptors (Lipinski definition) is 6. The molecule has 0 saturated carbocycles. The van der Waals surface area contributed by atoms with Gasteiger partial charge in [-0.15, -0.1) is 0 Å². The highest BCUT2D eigenvalue weighted by atomic mass is 32.2. The number of carbonyl (C=O) groups is 1. The number of fused-ring (bicyclic) bond motifs is 1. The van der Waals surface area contributed by atoms with E-state index >= 15 is 0 Å². The highest BCUT2D eigenvalue weighted by molar-refractivity contribution is 7.90. The Morgan fingerprint density at radius 2 is 1.62 bits per heavy atom. The van der Waals surface area contributed by atoms with Crippen molar-refractivity contribution in [2.45, 2.75) is 24.5 Å². The van der Waals surface area contributed by atoms with Gasteiger partial charge in [0.2, 0.25) is 0 Å². The molecule has 0 aliphatic rings. The van der Waals surface area contributed by atoms with Crippen LogP contribution in [-0.2, 0) is 21.4 Å². The van der Waals surface area contributed by atoms with Gasteiger partial charge in [0.1, 0.15) is 16.4 Å². The van der Waals surface area contributed by atoms with Crippen LogP contribution in [-0.4, -0.2) is 62.9 Å². The molecular weight excluding hydrogens is 477 g/mol. The average Bonchev–Trinajstić information content (AvgIpc) is 3.19. The lowest BCUT2D eigenvalue weighted by Gasteiger charge is -2.16. The number of nitrogens with zero attached hydrogens (tertiary/aromatic N) is 2. The first kappa shape index (κ1) is 27.0. The van der Waals surface area contributed by atoms with Crippen molar-refractivity contribution in [2.75, 3.05) is 28.3 Å². The molecule has 34 heavy (non-hydrogen) atoms. The molecule has 3 aromatic rings. The lowest BCUT2D eigenvalue weighted by molar-refractivity contribution is -0.192. The van der Waals surface area contributed by atoms with Gasteiger partial charge in [-0.05, 0) is 56.9 Å². The van der Waals surface area contributed by atoms with Crippen LogP contribution in [0.3, 0.4) is 0 Å². The number of ether oxygens (including phenoxy) is 2. The van der Waals surface area contributed by atoms with Crippen molar-refractivity contribution in [1.29, 1.82) is 0 Å². The van der Waals surface area contributed by atoms with Crippen LogP contribution >= 0.6 is 0 Å². The Bertz CT molecular complexity index is 1280. The largest absolute Gasteiger partial charge is 0.496 e. The quantitative estimate of drug-likeness (QED) is 0.546. The van der Waals surface area contributed by atoms with Gasteiger partial charge in [-0.2, -0.15) is 13.2 Å². The van der Waals surface area contributed by atoms with Crippen LogP contribution in [0.25, 0.3) is 10.9 Å². The zero-order valence-electron chi connectivity index (χ0n) is 19.2. The van der Waals surface area contributed by atoms with Crippen LogP contribution in [0, 0.1) is 6.92 Å². The summed E-state index contributed by atoms with van der Waals surface area (Å²) in [6, 6.07) is 10.5. The molecule has 2 aromatic carbocycles. The van der Waals surface area contributed by atoms with E-state index in [0.29, 0.717) is 17.8 Å². The Hall–Kier alpha value is -3.25. The molecule has 12 heteroatoms. The van der Waals surface area contributed by atoms with Crippen molar-refractivity contribution < 1.29 is 41.0 Å². The maximum Gasteiger partial charge on any atom is 0.490 e. The first-order valence-electron chi connectivity index (χ1n) is 9.76. The summed E-state index contributed by atoms with van der Waals surface area (Å²) in [5.41, 5.74) is 2.40. The SMILES string of the molecule is COc1ccc(C)cc1S(=O)(=O)n1ccc2c(CN(C)C)c(OC)ccc21.O=C(O)C(F)(F)F. The average molecular weight is 503 g/mol. The molecule has 0 aliphatic heterocycles. The maximum atomic E-state index is 13.4. The van der Waals surface area contributed by atoms with E-state index in [1.807, 2.05) is 38.1 Å². The van der Waals surface area contributed by atoms with Crippen molar-refractivity contribution in [3.05, 3.63) is 53.7 Å². The van der Waals surface area contributed by atoms with Crippen LogP contribution < -0.4 is 9.47 Å². The van der Waals surface area contributed by atoms with E-state index in [4.69, 9.17) is 19.4 Å². The molecular formula is C22H25F3N2O6S. The number of alkyl halides is 3. The third kappa shape index (κ3) is 5.81. The standard InChI is InChI=1S/C20H24N2O4S.C2HF3O2/c1-14-6-8-19(26-5)20(12-14)27(23,24)22-11-10-15-16(13-21(2)3)18(25-4)9-7-17(15)22;3-2(4,5)1(6)7/h6-12H,13H2,1-5H3;(H,6,7). The van der Waals surface area contributed by atoms with E-state index in [0.717, 1.165) is 22.3 Å². The first-order chi connectivity index (χ1) is 15.7. The Morgan fingerprint density at radius 1 is 1.06 bits per heavy atom. The summed E-state index contributed by atoms with van der Waals surface area (Å²) < 4.78 is 70.6. The molecule has 0 amide bonds. The molecule has 0 spiro atoms. The third-order valence-corrected chi connectivity index (χ3v) is 6.41. The second kappa shape index (κ2) is 10.3. The van der Waals surface area contributed by atoms with Gasteiger partial charge >= 0.3 is 12.1 Å². The van der Waals surface area contributed by atoms with Gasteiger partial charge in [-0.1, -0.05) is 6.07 Å². The molecule has 0 radical (unpaired) electrons. The van der Waals surface area contributed by atoms with Gasteiger partial charge < -0.3 is 19.5 Å². The van der Waals surface area contributed by atoms with Gasteiger partial charge in [0, 0.05) is 23.7 Å². The Labute approximate surface area is 195 Å². The van der Waals surface area contributed by atoms with Crippen LogP contribution in [0.15, 0.2) is 47.5 Å². The zero-order chi connectivity index (χ0) is 25.8. The van der Waals surface area contributed by atoms with Crippen LogP contribution in [0.4, 0.5) is 13.2 Å². The summed E-state index contributed by atoms with van der Waals surface area (Å²) >= 11 is 0. The van der Waals surface area contributed by atoms with Crippen molar-refractivity contribution >= 4 is 26.9 Å². The molecule has 0 bridgehead atoms. The van der Waals surface area contributed by atoms with Crippen molar-refractivity contribution in [1.82, 2.24) is 8.87 Å². The normalized spacial score (nSPS) is 11.8. The number of carboxylic acids is 1. The maximum absolute atomic E-state index is 13.4. The van der Waals surface area contributed by atoms with Gasteiger partial charge in [0.25, 0.3) is 10.0 Å². The van der Waals surface area contributed by atoms with Gasteiger partial charge in [-0.3, -0.25) is 0 Å². The second-order valence-corrected chi connectivity index (χ2v) is 9.27. The summed E-state index contributed by atoms with van der Waals surface area (Å²) in [6.07, 6.45) is -3.50.